The standard InChI is InChI=1S/C51H62N2O20S/c1-11-13-32-41(58)25(2)14-12-19-51(9)39(73-51)22-36(31-16-18-37-33(21-31)52-26(3)74-37)69-40(57)23-38(50(7,8)46(32)59)71-49(61)65-24-30-15-17-35(34(20-30)53(62)63)70-48-45(68-29(6)56)43(67-28(5)55)42(66-27(4)54)44(72-48)47(60)64-10/h11,15-18,20-21,25,32,36,38-39,41-45,48,58H,1,12-14,19,22-24H2,2-10H3/t25?,32-,36+,38+,39?,41+,42+,43+,44+,45-,48-,51-/m1/s1. The van der Waals surface area contributed by atoms with Crippen LogP contribution >= 0.6 is 11.3 Å². The fourth-order valence-electron chi connectivity index (χ4n) is 9.36. The molecular weight excluding hydrogens is 993 g/mol. The summed E-state index contributed by atoms with van der Waals surface area (Å²) in [6, 6.07) is 8.90. The van der Waals surface area contributed by atoms with E-state index in [1.54, 1.807) is 0 Å². The number of methoxy groups -OCH3 is 1. The van der Waals surface area contributed by atoms with E-state index in [-0.39, 0.29) is 24.0 Å². The Morgan fingerprint density at radius 1 is 0.973 bits per heavy atom. The van der Waals surface area contributed by atoms with Gasteiger partial charge >= 0.3 is 41.7 Å². The second-order valence-electron chi connectivity index (χ2n) is 19.4. The molecule has 0 radical (unpaired) electrons. The molecule has 3 aromatic rings. The van der Waals surface area contributed by atoms with Crippen LogP contribution in [0.3, 0.4) is 0 Å². The molecule has 0 amide bonds. The maximum atomic E-state index is 14.7. The number of aryl methyl sites for hydroxylation is 1. The summed E-state index contributed by atoms with van der Waals surface area (Å²) in [6.45, 7) is 14.8. The van der Waals surface area contributed by atoms with Gasteiger partial charge in [-0.3, -0.25) is 34.1 Å². The highest BCUT2D eigenvalue weighted by Crippen LogP contribution is 2.47. The largest absolute Gasteiger partial charge is 0.508 e. The Labute approximate surface area is 430 Å². The molecule has 3 aliphatic heterocycles. The molecule has 402 valence electrons. The van der Waals surface area contributed by atoms with E-state index in [2.05, 4.69) is 11.6 Å². The second-order valence-corrected chi connectivity index (χ2v) is 20.6. The average molecular weight is 1060 g/mol. The van der Waals surface area contributed by atoms with Crippen LogP contribution in [0.2, 0.25) is 0 Å². The minimum Gasteiger partial charge on any atom is -0.467 e. The summed E-state index contributed by atoms with van der Waals surface area (Å²) >= 11 is 1.52. The van der Waals surface area contributed by atoms with Gasteiger partial charge < -0.3 is 52.5 Å². The maximum Gasteiger partial charge on any atom is 0.508 e. The van der Waals surface area contributed by atoms with Crippen LogP contribution in [-0.4, -0.2) is 119 Å². The number of Topliss-reactive ketones (excluding diaryl/α,β-unsaturated/α-hetero) is 1. The van der Waals surface area contributed by atoms with Crippen molar-refractivity contribution in [1.82, 2.24) is 4.98 Å². The van der Waals surface area contributed by atoms with E-state index in [1.807, 2.05) is 39.0 Å². The topological polar surface area (TPSA) is 291 Å². The number of cyclic esters (lactones) is 1. The molecule has 0 bridgehead atoms. The number of nitrogens with zero attached hydrogens (tertiary/aromatic N) is 2. The quantitative estimate of drug-likeness (QED) is 0.0460. The number of hydrogen-bond donors (Lipinski definition) is 1. The first-order valence-electron chi connectivity index (χ1n) is 24.0. The molecule has 2 aromatic carbocycles. The van der Waals surface area contributed by atoms with E-state index in [0.717, 1.165) is 55.2 Å². The molecule has 12 atom stereocenters. The lowest BCUT2D eigenvalue weighted by molar-refractivity contribution is -0.387. The van der Waals surface area contributed by atoms with Gasteiger partial charge in [0.25, 0.3) is 0 Å². The van der Waals surface area contributed by atoms with Gasteiger partial charge in [-0.25, -0.2) is 14.6 Å². The van der Waals surface area contributed by atoms with Gasteiger partial charge in [0.2, 0.25) is 12.4 Å². The summed E-state index contributed by atoms with van der Waals surface area (Å²) in [4.78, 5) is 108. The number of carbonyl (C=O) groups is 7. The fraction of sp³-hybridized carbons (Fsp3) is 0.569. The van der Waals surface area contributed by atoms with Crippen molar-refractivity contribution >= 4 is 69.0 Å². The van der Waals surface area contributed by atoms with E-state index in [4.69, 9.17) is 47.4 Å². The zero-order chi connectivity index (χ0) is 54.4. The van der Waals surface area contributed by atoms with Crippen LogP contribution in [0.4, 0.5) is 10.5 Å². The van der Waals surface area contributed by atoms with Gasteiger partial charge in [0.05, 0.1) is 56.9 Å². The summed E-state index contributed by atoms with van der Waals surface area (Å²) < 4.78 is 56.9. The number of nitro groups is 1. The number of rotatable bonds is 13. The molecule has 0 spiro atoms. The van der Waals surface area contributed by atoms with E-state index in [9.17, 15) is 48.8 Å². The van der Waals surface area contributed by atoms with Crippen LogP contribution in [0.1, 0.15) is 109 Å². The number of ketones is 1. The minimum absolute atomic E-state index is 0.00236. The third kappa shape index (κ3) is 13.6. The number of aromatic nitrogens is 1. The van der Waals surface area contributed by atoms with Crippen molar-refractivity contribution < 1.29 is 91.0 Å². The van der Waals surface area contributed by atoms with Gasteiger partial charge in [-0.05, 0) is 82.2 Å². The molecule has 6 rings (SSSR count). The van der Waals surface area contributed by atoms with E-state index in [0.29, 0.717) is 31.2 Å². The molecule has 1 aromatic heterocycles. The van der Waals surface area contributed by atoms with Crippen molar-refractivity contribution in [2.75, 3.05) is 7.11 Å². The van der Waals surface area contributed by atoms with Crippen LogP contribution in [0.5, 0.6) is 5.75 Å². The molecular formula is C51H62N2O20S. The minimum atomic E-state index is -1.93. The number of hydrogen-bond acceptors (Lipinski definition) is 22. The first-order valence-corrected chi connectivity index (χ1v) is 24.8. The third-order valence-corrected chi connectivity index (χ3v) is 14.3. The lowest BCUT2D eigenvalue weighted by atomic mass is 9.71. The van der Waals surface area contributed by atoms with Crippen LogP contribution in [0.15, 0.2) is 49.1 Å². The number of ether oxygens (including phenoxy) is 10. The van der Waals surface area contributed by atoms with Gasteiger partial charge in [0.15, 0.2) is 24.1 Å². The normalized spacial score (nSPS) is 29.3. The Morgan fingerprint density at radius 2 is 1.65 bits per heavy atom. The first-order chi connectivity index (χ1) is 34.8. The SMILES string of the molecule is C=CC[C@H]1C(=O)C(C)(C)[C@@H](OC(=O)OCc2ccc(O[C@@H]3O[C@H](C(=O)OC)[C@@H](OC(C)=O)[C@H](OC(C)=O)[C@H]3OC(C)=O)c([N+](=O)[O-])c2)CC(=O)O[C@H](c2ccc3sc(C)nc3c2)CC2O[C@]2(C)CCCC(C)[C@@H]1O. The molecule has 0 aliphatic carbocycles. The molecule has 2 unspecified atom stereocenters. The summed E-state index contributed by atoms with van der Waals surface area (Å²) in [5.74, 6) is -7.24. The zero-order valence-corrected chi connectivity index (χ0v) is 43.4. The first kappa shape index (κ1) is 56.7. The van der Waals surface area contributed by atoms with Gasteiger partial charge in [-0.2, -0.15) is 0 Å². The predicted molar refractivity (Wildman–Crippen MR) is 258 cm³/mol. The number of epoxide rings is 1. The van der Waals surface area contributed by atoms with Crippen LogP contribution in [-0.2, 0) is 78.0 Å². The van der Waals surface area contributed by atoms with E-state index < -0.39 is 137 Å². The van der Waals surface area contributed by atoms with Crippen molar-refractivity contribution in [1.29, 1.82) is 0 Å². The number of aliphatic hydroxyl groups excluding tert-OH is 1. The Bertz CT molecular complexity index is 2630. The number of fused-ring (bicyclic) bond motifs is 2. The number of carbonyl (C=O) groups excluding carboxylic acids is 7. The average Bonchev–Trinajstić information content (AvgIpc) is 3.80. The van der Waals surface area contributed by atoms with Crippen LogP contribution < -0.4 is 4.74 Å². The number of esters is 5. The molecule has 3 saturated heterocycles. The smallest absolute Gasteiger partial charge is 0.467 e. The van der Waals surface area contributed by atoms with Gasteiger partial charge in [0, 0.05) is 39.2 Å². The van der Waals surface area contributed by atoms with E-state index in [1.165, 1.54) is 37.3 Å². The number of allylic oxidation sites excluding steroid dienone is 1. The molecule has 1 N–H and O–H groups in total. The van der Waals surface area contributed by atoms with Gasteiger partial charge in [-0.1, -0.05) is 31.6 Å². The Hall–Kier alpha value is -6.56. The number of nitro benzene ring substituents is 1. The van der Waals surface area contributed by atoms with Crippen molar-refractivity contribution in [3.63, 3.8) is 0 Å². The molecule has 3 fully saturated rings. The van der Waals surface area contributed by atoms with Crippen LogP contribution in [0.25, 0.3) is 10.2 Å². The molecule has 4 heterocycles. The maximum absolute atomic E-state index is 14.7. The third-order valence-electron chi connectivity index (χ3n) is 13.4. The van der Waals surface area contributed by atoms with E-state index >= 15 is 0 Å². The number of benzene rings is 2. The lowest BCUT2D eigenvalue weighted by Gasteiger charge is -2.42. The molecule has 3 aliphatic rings. The summed E-state index contributed by atoms with van der Waals surface area (Å²) in [5.41, 5.74) is -1.54. The summed E-state index contributed by atoms with van der Waals surface area (Å²) in [7, 11) is 0.984. The van der Waals surface area contributed by atoms with Gasteiger partial charge in [0.1, 0.15) is 24.6 Å². The summed E-state index contributed by atoms with van der Waals surface area (Å²) in [5, 5.41) is 25.1. The number of aliphatic hydroxyl groups is 1. The van der Waals surface area contributed by atoms with Crippen molar-refractivity contribution in [3.05, 3.63) is 75.3 Å². The molecule has 22 nitrogen and oxygen atoms in total. The number of thiazole rings is 1. The highest BCUT2D eigenvalue weighted by Gasteiger charge is 2.57. The highest BCUT2D eigenvalue weighted by atomic mass is 32.1. The highest BCUT2D eigenvalue weighted by molar-refractivity contribution is 7.18. The fourth-order valence-corrected chi connectivity index (χ4v) is 10.2. The zero-order valence-electron chi connectivity index (χ0n) is 42.6. The Morgan fingerprint density at radius 3 is 2.30 bits per heavy atom. The Kier molecular flexibility index (Phi) is 18.2. The van der Waals surface area contributed by atoms with Crippen molar-refractivity contribution in [2.45, 2.75) is 161 Å². The lowest BCUT2D eigenvalue weighted by Crippen LogP contribution is -2.64. The monoisotopic (exact) mass is 1050 g/mol. The molecule has 74 heavy (non-hydrogen) atoms. The second kappa shape index (κ2) is 23.8. The van der Waals surface area contributed by atoms with Gasteiger partial charge in [-0.15, -0.1) is 17.9 Å². The van der Waals surface area contributed by atoms with Crippen LogP contribution in [0, 0.1) is 34.3 Å². The summed E-state index contributed by atoms with van der Waals surface area (Å²) in [6.07, 6.45) is -11.0. The van der Waals surface area contributed by atoms with Crippen molar-refractivity contribution in [3.8, 4) is 5.75 Å². The van der Waals surface area contributed by atoms with Crippen molar-refractivity contribution in [2.24, 2.45) is 17.3 Å². The molecule has 0 saturated carbocycles. The Balaban J connectivity index is 1.26. The predicted octanol–water partition coefficient (Wildman–Crippen LogP) is 6.80. The molecule has 23 heteroatoms.